The first-order chi connectivity index (χ1) is 11.9. The molecule has 4 rings (SSSR count). The third kappa shape index (κ3) is 7.94. The number of allylic oxidation sites excluding steroid dienone is 8. The Bertz CT molecular complexity index is 447. The van der Waals surface area contributed by atoms with Gasteiger partial charge in [0, 0.05) is 0 Å². The van der Waals surface area contributed by atoms with Crippen LogP contribution in [0.25, 0.3) is 0 Å². The van der Waals surface area contributed by atoms with Crippen molar-refractivity contribution in [2.75, 3.05) is 0 Å². The van der Waals surface area contributed by atoms with Crippen molar-refractivity contribution in [2.45, 2.75) is 89.9 Å². The maximum absolute atomic E-state index is 3.41. The van der Waals surface area contributed by atoms with E-state index in [0.29, 0.717) is 0 Å². The standard InChI is InChI=1S/2C12H17.Hf.2H/c2*1-2-6-11(7-3-1)10-12-8-4-5-9-12;;;/h2*4,8,11H,1-3,5-7,10H2;;;/q2*-1;+4;2*-1. The van der Waals surface area contributed by atoms with E-state index in [9.17, 15) is 0 Å². The number of rotatable bonds is 4. The van der Waals surface area contributed by atoms with Crippen molar-refractivity contribution in [3.63, 3.8) is 0 Å². The minimum absolute atomic E-state index is 0. The van der Waals surface area contributed by atoms with Crippen LogP contribution in [0.2, 0.25) is 0 Å². The van der Waals surface area contributed by atoms with Gasteiger partial charge in [-0.2, -0.15) is 12.2 Å². The monoisotopic (exact) mass is 504 g/mol. The molecule has 0 atom stereocenters. The number of hydrogen-bond acceptors (Lipinski definition) is 0. The Kier molecular flexibility index (Phi) is 10.4. The van der Waals surface area contributed by atoms with E-state index in [0.717, 1.165) is 24.7 Å². The molecule has 0 radical (unpaired) electrons. The van der Waals surface area contributed by atoms with E-state index >= 15 is 0 Å². The molecule has 136 valence electrons. The molecule has 2 fully saturated rings. The van der Waals surface area contributed by atoms with Gasteiger partial charge in [0.1, 0.15) is 0 Å². The molecule has 0 bridgehead atoms. The van der Waals surface area contributed by atoms with Crippen molar-refractivity contribution < 1.29 is 28.7 Å². The summed E-state index contributed by atoms with van der Waals surface area (Å²) in [5, 5.41) is 0. The molecule has 25 heavy (non-hydrogen) atoms. The molecule has 0 aromatic carbocycles. The van der Waals surface area contributed by atoms with Crippen molar-refractivity contribution in [2.24, 2.45) is 11.8 Å². The van der Waals surface area contributed by atoms with Gasteiger partial charge in [0.05, 0.1) is 0 Å². The zero-order valence-electron chi connectivity index (χ0n) is 17.9. The van der Waals surface area contributed by atoms with Crippen LogP contribution in [0.5, 0.6) is 0 Å². The van der Waals surface area contributed by atoms with Crippen LogP contribution in [-0.2, 0) is 25.8 Å². The predicted molar refractivity (Wildman–Crippen MR) is 106 cm³/mol. The number of hydrogen-bond donors (Lipinski definition) is 0. The summed E-state index contributed by atoms with van der Waals surface area (Å²) in [4.78, 5) is 0. The Morgan fingerprint density at radius 1 is 0.680 bits per heavy atom. The molecule has 0 aromatic rings. The molecule has 0 saturated heterocycles. The SMILES string of the molecule is [C-]1=C(CC2CCCCC2)C=CC1.[C-]1=C(CC2CCCCC2)C=CC1.[H-].[H-].[Hf+4]. The van der Waals surface area contributed by atoms with Gasteiger partial charge in [-0.1, -0.05) is 77.0 Å². The topological polar surface area (TPSA) is 0 Å². The second-order valence-electron chi connectivity index (χ2n) is 8.03. The van der Waals surface area contributed by atoms with Crippen LogP contribution in [0.4, 0.5) is 0 Å². The molecular formula is C24H36Hf. The van der Waals surface area contributed by atoms with Crippen LogP contribution >= 0.6 is 0 Å². The fourth-order valence-corrected chi connectivity index (χ4v) is 4.59. The average molecular weight is 503 g/mol. The average Bonchev–Trinajstić information content (AvgIpc) is 3.32. The van der Waals surface area contributed by atoms with E-state index in [2.05, 4.69) is 36.5 Å². The van der Waals surface area contributed by atoms with Crippen molar-refractivity contribution in [3.8, 4) is 0 Å². The molecule has 4 aliphatic rings. The van der Waals surface area contributed by atoms with Crippen LogP contribution in [0.3, 0.4) is 0 Å². The quantitative estimate of drug-likeness (QED) is 0.275. The Morgan fingerprint density at radius 3 is 1.40 bits per heavy atom. The zero-order valence-corrected chi connectivity index (χ0v) is 19.5. The summed E-state index contributed by atoms with van der Waals surface area (Å²) in [6, 6.07) is 0. The van der Waals surface area contributed by atoms with Gasteiger partial charge in [-0.25, -0.2) is 23.3 Å². The maximum Gasteiger partial charge on any atom is 4.00 e. The Morgan fingerprint density at radius 2 is 1.08 bits per heavy atom. The summed E-state index contributed by atoms with van der Waals surface area (Å²) >= 11 is 0. The summed E-state index contributed by atoms with van der Waals surface area (Å²) < 4.78 is 0. The first-order valence-corrected chi connectivity index (χ1v) is 10.4. The van der Waals surface area contributed by atoms with E-state index < -0.39 is 0 Å². The summed E-state index contributed by atoms with van der Waals surface area (Å²) in [6.07, 6.45) is 35.1. The van der Waals surface area contributed by atoms with Crippen molar-refractivity contribution in [1.82, 2.24) is 0 Å². The molecule has 2 saturated carbocycles. The van der Waals surface area contributed by atoms with Gasteiger partial charge in [-0.15, -0.1) is 12.8 Å². The molecule has 0 nitrogen and oxygen atoms in total. The van der Waals surface area contributed by atoms with Gasteiger partial charge in [0.25, 0.3) is 0 Å². The third-order valence-electron chi connectivity index (χ3n) is 6.00. The Balaban J connectivity index is 0.000000451. The van der Waals surface area contributed by atoms with Gasteiger partial charge in [0.2, 0.25) is 0 Å². The van der Waals surface area contributed by atoms with Crippen LogP contribution < -0.4 is 0 Å². The summed E-state index contributed by atoms with van der Waals surface area (Å²) in [5.74, 6) is 1.95. The van der Waals surface area contributed by atoms with E-state index in [1.807, 2.05) is 0 Å². The van der Waals surface area contributed by atoms with Crippen molar-refractivity contribution in [3.05, 3.63) is 47.6 Å². The normalized spacial score (nSPS) is 23.5. The van der Waals surface area contributed by atoms with Gasteiger partial charge >= 0.3 is 25.8 Å². The predicted octanol–water partition coefficient (Wildman–Crippen LogP) is 7.52. The molecule has 0 spiro atoms. The molecule has 0 aliphatic heterocycles. The fraction of sp³-hybridized carbons (Fsp3) is 0.667. The van der Waals surface area contributed by atoms with E-state index in [4.69, 9.17) is 0 Å². The summed E-state index contributed by atoms with van der Waals surface area (Å²) in [7, 11) is 0. The first-order valence-electron chi connectivity index (χ1n) is 10.4. The van der Waals surface area contributed by atoms with Gasteiger partial charge in [-0.05, 0) is 11.8 Å². The second-order valence-corrected chi connectivity index (χ2v) is 8.03. The van der Waals surface area contributed by atoms with Crippen molar-refractivity contribution in [1.29, 1.82) is 0 Å². The van der Waals surface area contributed by atoms with Crippen LogP contribution in [0, 0.1) is 24.0 Å². The molecule has 1 heteroatoms. The van der Waals surface area contributed by atoms with Crippen LogP contribution in [0.1, 0.15) is 92.7 Å². The van der Waals surface area contributed by atoms with Gasteiger partial charge in [-0.3, -0.25) is 12.2 Å². The van der Waals surface area contributed by atoms with Gasteiger partial charge < -0.3 is 2.85 Å². The van der Waals surface area contributed by atoms with E-state index in [1.165, 1.54) is 88.2 Å². The third-order valence-corrected chi connectivity index (χ3v) is 6.00. The summed E-state index contributed by atoms with van der Waals surface area (Å²) in [6.45, 7) is 0. The largest absolute Gasteiger partial charge is 4.00 e. The summed E-state index contributed by atoms with van der Waals surface area (Å²) in [5.41, 5.74) is 2.95. The Hall–Kier alpha value is -0.170. The molecule has 0 amide bonds. The minimum Gasteiger partial charge on any atom is -1.00 e. The maximum atomic E-state index is 3.41. The molecule has 0 N–H and O–H groups in total. The minimum atomic E-state index is 0. The fourth-order valence-electron chi connectivity index (χ4n) is 4.59. The van der Waals surface area contributed by atoms with Crippen LogP contribution in [-0.4, -0.2) is 0 Å². The molecule has 0 heterocycles. The van der Waals surface area contributed by atoms with Crippen molar-refractivity contribution >= 4 is 0 Å². The Labute approximate surface area is 177 Å². The molecular weight excluding hydrogens is 467 g/mol. The molecule has 0 aromatic heterocycles. The zero-order chi connectivity index (χ0) is 16.5. The van der Waals surface area contributed by atoms with Gasteiger partial charge in [0.15, 0.2) is 0 Å². The second kappa shape index (κ2) is 12.3. The van der Waals surface area contributed by atoms with Crippen LogP contribution in [0.15, 0.2) is 35.5 Å². The molecule has 0 unspecified atom stereocenters. The van der Waals surface area contributed by atoms with E-state index in [1.54, 1.807) is 0 Å². The van der Waals surface area contributed by atoms with E-state index in [-0.39, 0.29) is 28.7 Å². The molecule has 4 aliphatic carbocycles. The first kappa shape index (κ1) is 21.1. The smallest absolute Gasteiger partial charge is 1.00 e.